The average Bonchev–Trinajstić information content (AvgIpc) is 2.84. The molecule has 1 heterocycles. The third-order valence-electron chi connectivity index (χ3n) is 5.52. The third kappa shape index (κ3) is 6.32. The van der Waals surface area contributed by atoms with Crippen LogP contribution < -0.4 is 9.46 Å². The van der Waals surface area contributed by atoms with Crippen LogP contribution in [-0.4, -0.2) is 36.8 Å². The molecule has 0 spiro atoms. The van der Waals surface area contributed by atoms with E-state index in [2.05, 4.69) is 58.2 Å². The summed E-state index contributed by atoms with van der Waals surface area (Å²) in [6.07, 6.45) is 1.69. The Balaban J connectivity index is 0.00000158. The third-order valence-corrected chi connectivity index (χ3v) is 6.20. The van der Waals surface area contributed by atoms with Gasteiger partial charge in [0.15, 0.2) is 0 Å². The van der Waals surface area contributed by atoms with Crippen LogP contribution in [0, 0.1) is 11.7 Å². The number of ether oxygens (including phenoxy) is 1. The molecule has 4 nitrogen and oxygen atoms in total. The van der Waals surface area contributed by atoms with Crippen LogP contribution >= 0.6 is 23.5 Å². The topological polar surface area (TPSA) is 41.6 Å². The Morgan fingerprint density at radius 3 is 2.18 bits per heavy atom. The van der Waals surface area contributed by atoms with E-state index in [9.17, 15) is 9.18 Å². The number of halogens is 2. The number of rotatable bonds is 8. The van der Waals surface area contributed by atoms with E-state index in [1.165, 1.54) is 23.3 Å². The van der Waals surface area contributed by atoms with Crippen molar-refractivity contribution in [1.29, 1.82) is 0 Å². The quantitative estimate of drug-likeness (QED) is 0.353. The number of hydrogen-bond acceptors (Lipinski definition) is 4. The fourth-order valence-electron chi connectivity index (χ4n) is 3.98. The molecular weight excluding hydrogens is 471 g/mol. The SMILES string of the molecule is CC.CSNC(=O)c1cc(Cl)c(OCC2CN(C(c3ccccc3)c3ccccc3)C2)cc1F. The van der Waals surface area contributed by atoms with Gasteiger partial charge in [0.05, 0.1) is 23.2 Å². The Labute approximate surface area is 210 Å². The number of benzene rings is 3. The zero-order valence-electron chi connectivity index (χ0n) is 19.6. The molecule has 0 saturated carbocycles. The minimum atomic E-state index is -0.653. The van der Waals surface area contributed by atoms with Gasteiger partial charge in [0.1, 0.15) is 11.6 Å². The van der Waals surface area contributed by atoms with Crippen molar-refractivity contribution >= 4 is 29.5 Å². The van der Waals surface area contributed by atoms with Crippen molar-refractivity contribution in [2.24, 2.45) is 5.92 Å². The molecular formula is C27H30ClFN2O2S. The number of nitrogens with zero attached hydrogens (tertiary/aromatic N) is 1. The summed E-state index contributed by atoms with van der Waals surface area (Å²) in [6, 6.07) is 23.6. The highest BCUT2D eigenvalue weighted by atomic mass is 35.5. The number of likely N-dealkylation sites (tertiary alicyclic amines) is 1. The van der Waals surface area contributed by atoms with Gasteiger partial charge in [0.2, 0.25) is 0 Å². The number of nitrogens with one attached hydrogen (secondary N) is 1. The number of carbonyl (C=O) groups is 1. The molecule has 3 aromatic carbocycles. The van der Waals surface area contributed by atoms with Gasteiger partial charge in [-0.25, -0.2) is 4.39 Å². The first-order chi connectivity index (χ1) is 16.6. The van der Waals surface area contributed by atoms with E-state index in [-0.39, 0.29) is 22.4 Å². The molecule has 180 valence electrons. The van der Waals surface area contributed by atoms with Crippen LogP contribution in [0.3, 0.4) is 0 Å². The van der Waals surface area contributed by atoms with Crippen LogP contribution in [0.15, 0.2) is 72.8 Å². The molecule has 0 aliphatic carbocycles. The second kappa shape index (κ2) is 12.8. The fourth-order valence-corrected chi connectivity index (χ4v) is 4.49. The Hall–Kier alpha value is -2.54. The van der Waals surface area contributed by atoms with Crippen LogP contribution in [-0.2, 0) is 0 Å². The van der Waals surface area contributed by atoms with E-state index in [0.29, 0.717) is 12.5 Å². The second-order valence-corrected chi connectivity index (χ2v) is 8.77. The summed E-state index contributed by atoms with van der Waals surface area (Å²) in [4.78, 5) is 14.3. The summed E-state index contributed by atoms with van der Waals surface area (Å²) < 4.78 is 22.7. The van der Waals surface area contributed by atoms with Gasteiger partial charge >= 0.3 is 0 Å². The lowest BCUT2D eigenvalue weighted by Crippen LogP contribution is -2.50. The van der Waals surface area contributed by atoms with Crippen molar-refractivity contribution in [3.8, 4) is 5.75 Å². The Morgan fingerprint density at radius 1 is 1.09 bits per heavy atom. The molecule has 0 unspecified atom stereocenters. The predicted octanol–water partition coefficient (Wildman–Crippen LogP) is 6.61. The molecule has 7 heteroatoms. The molecule has 1 saturated heterocycles. The zero-order chi connectivity index (χ0) is 24.5. The first-order valence-electron chi connectivity index (χ1n) is 11.4. The van der Waals surface area contributed by atoms with Crippen LogP contribution in [0.1, 0.15) is 41.4 Å². The minimum absolute atomic E-state index is 0.0971. The predicted molar refractivity (Wildman–Crippen MR) is 139 cm³/mol. The van der Waals surface area contributed by atoms with Crippen molar-refractivity contribution in [3.63, 3.8) is 0 Å². The van der Waals surface area contributed by atoms with E-state index < -0.39 is 11.7 Å². The fraction of sp³-hybridized carbons (Fsp3) is 0.296. The Bertz CT molecular complexity index is 1020. The molecule has 34 heavy (non-hydrogen) atoms. The van der Waals surface area contributed by atoms with Crippen molar-refractivity contribution in [2.75, 3.05) is 26.0 Å². The molecule has 1 fully saturated rings. The Kier molecular flexibility index (Phi) is 9.81. The second-order valence-electron chi connectivity index (χ2n) is 7.75. The Morgan fingerprint density at radius 2 is 1.65 bits per heavy atom. The van der Waals surface area contributed by atoms with Crippen molar-refractivity contribution in [1.82, 2.24) is 9.62 Å². The number of carbonyl (C=O) groups excluding carboxylic acids is 1. The minimum Gasteiger partial charge on any atom is -0.492 e. The molecule has 3 aromatic rings. The van der Waals surface area contributed by atoms with Gasteiger partial charge in [0, 0.05) is 31.3 Å². The van der Waals surface area contributed by atoms with Gasteiger partial charge in [-0.2, -0.15) is 0 Å². The van der Waals surface area contributed by atoms with Gasteiger partial charge in [-0.1, -0.05) is 98.1 Å². The lowest BCUT2D eigenvalue weighted by Gasteiger charge is -2.44. The zero-order valence-corrected chi connectivity index (χ0v) is 21.2. The first kappa shape index (κ1) is 26.1. The van der Waals surface area contributed by atoms with Crippen molar-refractivity contribution in [2.45, 2.75) is 19.9 Å². The van der Waals surface area contributed by atoms with Crippen LogP contribution in [0.25, 0.3) is 0 Å². The molecule has 0 bridgehead atoms. The van der Waals surface area contributed by atoms with Crippen molar-refractivity contribution in [3.05, 3.63) is 100 Å². The molecule has 4 rings (SSSR count). The largest absolute Gasteiger partial charge is 0.492 e. The molecule has 0 atom stereocenters. The summed E-state index contributed by atoms with van der Waals surface area (Å²) >= 11 is 7.34. The standard InChI is InChI=1S/C25H24ClFN2O2S.C2H6/c1-32-28-25(30)20-12-21(26)23(13-22(20)27)31-16-17-14-29(15-17)24(18-8-4-2-5-9-18)19-10-6-3-7-11-19;1-2/h2-13,17,24H,14-16H2,1H3,(H,28,30);1-2H3. The molecule has 1 N–H and O–H groups in total. The maximum Gasteiger partial charge on any atom is 0.264 e. The smallest absolute Gasteiger partial charge is 0.264 e. The van der Waals surface area contributed by atoms with E-state index in [1.54, 1.807) is 6.26 Å². The van der Waals surface area contributed by atoms with Gasteiger partial charge in [-0.3, -0.25) is 14.4 Å². The molecule has 1 aliphatic rings. The summed E-state index contributed by atoms with van der Waals surface area (Å²) in [6.45, 7) is 6.16. The number of hydrogen-bond donors (Lipinski definition) is 1. The van der Waals surface area contributed by atoms with E-state index in [0.717, 1.165) is 25.0 Å². The molecule has 1 aliphatic heterocycles. The van der Waals surface area contributed by atoms with E-state index >= 15 is 0 Å². The van der Waals surface area contributed by atoms with Gasteiger partial charge in [0.25, 0.3) is 5.91 Å². The van der Waals surface area contributed by atoms with E-state index in [4.69, 9.17) is 16.3 Å². The molecule has 0 aromatic heterocycles. The first-order valence-corrected chi connectivity index (χ1v) is 13.0. The van der Waals surface area contributed by atoms with Gasteiger partial charge in [-0.05, 0) is 17.2 Å². The molecule has 1 amide bonds. The lowest BCUT2D eigenvalue weighted by molar-refractivity contribution is 0.0378. The summed E-state index contributed by atoms with van der Waals surface area (Å²) in [5, 5.41) is 0.222. The van der Waals surface area contributed by atoms with Gasteiger partial charge < -0.3 is 4.74 Å². The van der Waals surface area contributed by atoms with Crippen LogP contribution in [0.4, 0.5) is 4.39 Å². The summed E-state index contributed by atoms with van der Waals surface area (Å²) in [7, 11) is 0. The highest BCUT2D eigenvalue weighted by Gasteiger charge is 2.34. The highest BCUT2D eigenvalue weighted by Crippen LogP contribution is 2.35. The maximum atomic E-state index is 14.4. The van der Waals surface area contributed by atoms with Gasteiger partial charge in [-0.15, -0.1) is 0 Å². The maximum absolute atomic E-state index is 14.4. The van der Waals surface area contributed by atoms with Crippen molar-refractivity contribution < 1.29 is 13.9 Å². The van der Waals surface area contributed by atoms with E-state index in [1.807, 2.05) is 26.0 Å². The lowest BCUT2D eigenvalue weighted by atomic mass is 9.90. The van der Waals surface area contributed by atoms with Crippen LogP contribution in [0.5, 0.6) is 5.75 Å². The summed E-state index contributed by atoms with van der Waals surface area (Å²) in [5.41, 5.74) is 2.41. The average molecular weight is 501 g/mol. The monoisotopic (exact) mass is 500 g/mol. The molecule has 0 radical (unpaired) electrons. The summed E-state index contributed by atoms with van der Waals surface area (Å²) in [5.74, 6) is -0.611. The highest BCUT2D eigenvalue weighted by molar-refractivity contribution is 7.97. The van der Waals surface area contributed by atoms with Crippen LogP contribution in [0.2, 0.25) is 5.02 Å². The normalized spacial score (nSPS) is 13.6. The number of amides is 1.